The van der Waals surface area contributed by atoms with E-state index in [2.05, 4.69) is 20.9 Å². The van der Waals surface area contributed by atoms with Crippen molar-refractivity contribution in [2.24, 2.45) is 5.16 Å². The van der Waals surface area contributed by atoms with Crippen molar-refractivity contribution in [1.82, 2.24) is 4.98 Å². The zero-order valence-corrected chi connectivity index (χ0v) is 7.87. The van der Waals surface area contributed by atoms with Crippen LogP contribution >= 0.6 is 11.3 Å². The fourth-order valence-corrected chi connectivity index (χ4v) is 1.20. The molecule has 0 amide bonds. The number of nitrogens with two attached hydrogens (primary N) is 1. The maximum atomic E-state index is 10.4. The molecule has 0 bridgehead atoms. The molecule has 0 aliphatic carbocycles. The molecular weight excluding hydrogens is 202 g/mol. The summed E-state index contributed by atoms with van der Waals surface area (Å²) in [6.07, 6.45) is 6.51. The predicted molar refractivity (Wildman–Crippen MR) is 53.5 cm³/mol. The number of aromatic nitrogens is 1. The van der Waals surface area contributed by atoms with Crippen LogP contribution in [-0.4, -0.2) is 23.6 Å². The largest absolute Gasteiger partial charge is 0.382 e. The van der Waals surface area contributed by atoms with Crippen LogP contribution in [0.25, 0.3) is 0 Å². The molecule has 6 heteroatoms. The Morgan fingerprint density at radius 1 is 1.86 bits per heavy atom. The lowest BCUT2D eigenvalue weighted by Gasteiger charge is -1.92. The summed E-state index contributed by atoms with van der Waals surface area (Å²) in [5.74, 6) is 2.20. The van der Waals surface area contributed by atoms with E-state index in [9.17, 15) is 4.79 Å². The van der Waals surface area contributed by atoms with Crippen LogP contribution in [-0.2, 0) is 9.63 Å². The van der Waals surface area contributed by atoms with Crippen molar-refractivity contribution in [3.63, 3.8) is 0 Å². The average molecular weight is 208 g/mol. The van der Waals surface area contributed by atoms with Crippen LogP contribution in [0.3, 0.4) is 0 Å². The van der Waals surface area contributed by atoms with E-state index < -0.39 is 0 Å². The van der Waals surface area contributed by atoms with Gasteiger partial charge in [0.15, 0.2) is 17.5 Å². The molecule has 71 valence electrons. The van der Waals surface area contributed by atoms with Gasteiger partial charge >= 0.3 is 0 Å². The molecule has 5 nitrogen and oxygen atoms in total. The third-order valence-corrected chi connectivity index (χ3v) is 1.84. The molecular formula is C8H6N3O2S. The Kier molecular flexibility index (Phi) is 3.64. The number of anilines is 1. The standard InChI is InChI=1S/C8H6N3O2S/c1-2-3-13-11-6(4-12)7-5-14-8(9)10-7/h1,5H,3H2,(H2,9,10). The highest BCUT2D eigenvalue weighted by Crippen LogP contribution is 2.11. The lowest BCUT2D eigenvalue weighted by atomic mass is 10.3. The quantitative estimate of drug-likeness (QED) is 0.331. The van der Waals surface area contributed by atoms with Crippen LogP contribution in [0, 0.1) is 12.3 Å². The number of hydrogen-bond acceptors (Lipinski definition) is 6. The zero-order valence-electron chi connectivity index (χ0n) is 7.06. The zero-order chi connectivity index (χ0) is 10.4. The summed E-state index contributed by atoms with van der Waals surface area (Å²) in [6.45, 7) is -0.00913. The van der Waals surface area contributed by atoms with Gasteiger partial charge in [-0.25, -0.2) is 4.98 Å². The first-order valence-corrected chi connectivity index (χ1v) is 4.39. The maximum absolute atomic E-state index is 10.4. The molecule has 1 rings (SSSR count). The smallest absolute Gasteiger partial charge is 0.259 e. The van der Waals surface area contributed by atoms with Crippen molar-refractivity contribution >= 4 is 28.5 Å². The molecule has 2 N–H and O–H groups in total. The van der Waals surface area contributed by atoms with Gasteiger partial charge in [0, 0.05) is 5.38 Å². The minimum Gasteiger partial charge on any atom is -0.382 e. The third-order valence-electron chi connectivity index (χ3n) is 1.16. The number of hydrogen-bond donors (Lipinski definition) is 1. The Hall–Kier alpha value is -1.87. The molecule has 0 aromatic carbocycles. The number of thiazole rings is 1. The molecule has 0 aliphatic heterocycles. The molecule has 0 atom stereocenters. The van der Waals surface area contributed by atoms with Gasteiger partial charge in [-0.2, -0.15) is 0 Å². The normalized spacial score (nSPS) is 10.6. The van der Waals surface area contributed by atoms with Crippen molar-refractivity contribution in [3.8, 4) is 12.3 Å². The van der Waals surface area contributed by atoms with Crippen LogP contribution in [0.5, 0.6) is 0 Å². The summed E-state index contributed by atoms with van der Waals surface area (Å²) in [6, 6.07) is 0. The van der Waals surface area contributed by atoms with Crippen LogP contribution in [0.15, 0.2) is 10.5 Å². The van der Waals surface area contributed by atoms with Crippen molar-refractivity contribution in [3.05, 3.63) is 11.1 Å². The van der Waals surface area contributed by atoms with E-state index in [1.807, 2.05) is 0 Å². The SMILES string of the molecule is C#CCON=C([C]=O)c1csc(N)n1. The minimum absolute atomic E-state index is 0.00913. The minimum atomic E-state index is -0.0480. The van der Waals surface area contributed by atoms with Crippen molar-refractivity contribution < 1.29 is 9.63 Å². The highest BCUT2D eigenvalue weighted by atomic mass is 32.1. The second-order valence-electron chi connectivity index (χ2n) is 2.09. The molecule has 0 aliphatic rings. The summed E-state index contributed by atoms with van der Waals surface area (Å²) in [5, 5.41) is 5.38. The van der Waals surface area contributed by atoms with E-state index in [-0.39, 0.29) is 12.3 Å². The monoisotopic (exact) mass is 208 g/mol. The Labute approximate surface area is 84.6 Å². The van der Waals surface area contributed by atoms with Gasteiger partial charge in [-0.3, -0.25) is 4.79 Å². The lowest BCUT2D eigenvalue weighted by molar-refractivity contribution is 0.180. The molecule has 1 aromatic rings. The molecule has 0 saturated carbocycles. The summed E-state index contributed by atoms with van der Waals surface area (Å²) >= 11 is 1.20. The number of oxime groups is 1. The fraction of sp³-hybridized carbons (Fsp3) is 0.125. The Morgan fingerprint density at radius 3 is 3.14 bits per heavy atom. The Morgan fingerprint density at radius 2 is 2.64 bits per heavy atom. The number of rotatable bonds is 4. The number of carbonyl (C=O) groups excluding carboxylic acids is 1. The van der Waals surface area contributed by atoms with Gasteiger partial charge in [-0.1, -0.05) is 11.1 Å². The number of nitrogens with zero attached hydrogens (tertiary/aromatic N) is 2. The highest BCUT2D eigenvalue weighted by Gasteiger charge is 2.08. The van der Waals surface area contributed by atoms with E-state index in [0.29, 0.717) is 10.8 Å². The molecule has 0 fully saturated rings. The topological polar surface area (TPSA) is 77.6 Å². The van der Waals surface area contributed by atoms with E-state index in [0.717, 1.165) is 0 Å². The van der Waals surface area contributed by atoms with E-state index in [1.54, 1.807) is 11.7 Å². The molecule has 0 spiro atoms. The van der Waals surface area contributed by atoms with Gasteiger partial charge in [0.25, 0.3) is 6.29 Å². The van der Waals surface area contributed by atoms with Gasteiger partial charge in [-0.05, 0) is 0 Å². The van der Waals surface area contributed by atoms with Crippen LogP contribution in [0.4, 0.5) is 5.13 Å². The molecule has 0 unspecified atom stereocenters. The van der Waals surface area contributed by atoms with E-state index >= 15 is 0 Å². The lowest BCUT2D eigenvalue weighted by Crippen LogP contribution is -2.04. The van der Waals surface area contributed by atoms with Crippen LogP contribution in [0.1, 0.15) is 5.69 Å². The highest BCUT2D eigenvalue weighted by molar-refractivity contribution is 7.13. The molecule has 14 heavy (non-hydrogen) atoms. The number of terminal acetylenes is 1. The van der Waals surface area contributed by atoms with Gasteiger partial charge in [-0.15, -0.1) is 17.8 Å². The Balaban J connectivity index is 2.77. The maximum Gasteiger partial charge on any atom is 0.259 e. The summed E-state index contributed by atoms with van der Waals surface area (Å²) < 4.78 is 0. The van der Waals surface area contributed by atoms with Crippen LogP contribution < -0.4 is 5.73 Å². The van der Waals surface area contributed by atoms with Crippen molar-refractivity contribution in [2.75, 3.05) is 12.3 Å². The summed E-state index contributed by atoms with van der Waals surface area (Å²) in [5.41, 5.74) is 5.66. The van der Waals surface area contributed by atoms with Crippen molar-refractivity contribution in [1.29, 1.82) is 0 Å². The van der Waals surface area contributed by atoms with Gasteiger partial charge in [0.2, 0.25) is 0 Å². The first kappa shape index (κ1) is 10.2. The first-order valence-electron chi connectivity index (χ1n) is 3.51. The second-order valence-corrected chi connectivity index (χ2v) is 2.98. The first-order chi connectivity index (χ1) is 6.77. The summed E-state index contributed by atoms with van der Waals surface area (Å²) in [4.78, 5) is 18.9. The van der Waals surface area contributed by atoms with Gasteiger partial charge < -0.3 is 10.6 Å². The fourth-order valence-electron chi connectivity index (χ4n) is 0.648. The number of nitrogen functional groups attached to an aromatic ring is 1. The predicted octanol–water partition coefficient (Wildman–Crippen LogP) is 0.189. The second kappa shape index (κ2) is 4.99. The van der Waals surface area contributed by atoms with Gasteiger partial charge in [0.05, 0.1) is 0 Å². The average Bonchev–Trinajstić information content (AvgIpc) is 2.60. The van der Waals surface area contributed by atoms with Crippen LogP contribution in [0.2, 0.25) is 0 Å². The van der Waals surface area contributed by atoms with Crippen molar-refractivity contribution in [2.45, 2.75) is 0 Å². The molecule has 0 saturated heterocycles. The third kappa shape index (κ3) is 2.57. The Bertz CT molecular complexity index is 392. The molecule has 1 aromatic heterocycles. The van der Waals surface area contributed by atoms with E-state index in [4.69, 9.17) is 12.2 Å². The molecule has 1 heterocycles. The van der Waals surface area contributed by atoms with E-state index in [1.165, 1.54) is 11.3 Å². The molecule has 1 radical (unpaired) electrons. The van der Waals surface area contributed by atoms with Gasteiger partial charge in [0.1, 0.15) is 5.69 Å². The summed E-state index contributed by atoms with van der Waals surface area (Å²) in [7, 11) is 0.